The Kier molecular flexibility index (Phi) is 4.83. The Labute approximate surface area is 144 Å². The molecule has 0 aliphatic heterocycles. The second-order valence-electron chi connectivity index (χ2n) is 5.90. The highest BCUT2D eigenvalue weighted by molar-refractivity contribution is 5.77. The molecule has 0 unspecified atom stereocenters. The molecule has 0 radical (unpaired) electrons. The fourth-order valence-corrected chi connectivity index (χ4v) is 2.85. The van der Waals surface area contributed by atoms with E-state index in [4.69, 9.17) is 4.74 Å². The molecule has 7 nitrogen and oxygen atoms in total. The molecule has 130 valence electrons. The number of carbonyl (C=O) groups is 1. The van der Waals surface area contributed by atoms with Gasteiger partial charge in [0.2, 0.25) is 0 Å². The average molecular weight is 341 g/mol. The molecule has 0 heterocycles. The minimum absolute atomic E-state index is 0.0765. The van der Waals surface area contributed by atoms with Gasteiger partial charge in [0.05, 0.1) is 4.92 Å². The Bertz CT molecular complexity index is 819. The van der Waals surface area contributed by atoms with Crippen molar-refractivity contribution in [2.24, 2.45) is 0 Å². The number of rotatable bonds is 6. The summed E-state index contributed by atoms with van der Waals surface area (Å²) in [6.07, 6.45) is 3.24. The number of hydrogen-bond acceptors (Lipinski definition) is 5. The summed E-state index contributed by atoms with van der Waals surface area (Å²) in [5.74, 6) is -0.118. The van der Waals surface area contributed by atoms with Crippen molar-refractivity contribution < 1.29 is 19.6 Å². The van der Waals surface area contributed by atoms with Crippen LogP contribution in [0, 0.1) is 10.1 Å². The zero-order valence-electron chi connectivity index (χ0n) is 13.5. The summed E-state index contributed by atoms with van der Waals surface area (Å²) < 4.78 is 5.48. The molecule has 0 atom stereocenters. The van der Waals surface area contributed by atoms with Crippen LogP contribution in [-0.2, 0) is 24.2 Å². The van der Waals surface area contributed by atoms with Crippen molar-refractivity contribution in [3.05, 3.63) is 63.2 Å². The van der Waals surface area contributed by atoms with Crippen LogP contribution in [-0.4, -0.2) is 17.4 Å². The van der Waals surface area contributed by atoms with Crippen LogP contribution < -0.4 is 15.2 Å². The smallest absolute Gasteiger partial charge is 0.269 e. The van der Waals surface area contributed by atoms with Crippen molar-refractivity contribution in [2.45, 2.75) is 25.8 Å². The predicted octanol–water partition coefficient (Wildman–Crippen LogP) is 1.85. The van der Waals surface area contributed by atoms with Gasteiger partial charge in [0.1, 0.15) is 5.75 Å². The van der Waals surface area contributed by atoms with Gasteiger partial charge in [0, 0.05) is 18.7 Å². The van der Waals surface area contributed by atoms with Crippen LogP contribution in [0.25, 0.3) is 0 Å². The first kappa shape index (κ1) is 16.8. The number of ether oxygens (including phenoxy) is 1. The summed E-state index contributed by atoms with van der Waals surface area (Å²) >= 11 is 0. The normalized spacial score (nSPS) is 12.5. The Morgan fingerprint density at radius 1 is 1.16 bits per heavy atom. The molecule has 0 saturated heterocycles. The number of non-ortho nitro benzene ring substituents is 1. The molecular weight excluding hydrogens is 324 g/mol. The third-order valence-electron chi connectivity index (χ3n) is 4.17. The third-order valence-corrected chi connectivity index (χ3v) is 4.17. The van der Waals surface area contributed by atoms with Gasteiger partial charge in [-0.05, 0) is 48.1 Å². The molecule has 1 aliphatic rings. The minimum Gasteiger partial charge on any atom is -0.872 e. The Balaban J connectivity index is 1.53. The van der Waals surface area contributed by atoms with E-state index in [1.807, 2.05) is 18.2 Å². The molecule has 0 spiro atoms. The predicted molar refractivity (Wildman–Crippen MR) is 88.4 cm³/mol. The first-order valence-electron chi connectivity index (χ1n) is 7.98. The second kappa shape index (κ2) is 7.21. The van der Waals surface area contributed by atoms with E-state index in [1.54, 1.807) is 0 Å². The summed E-state index contributed by atoms with van der Waals surface area (Å²) in [7, 11) is 0. The van der Waals surface area contributed by atoms with Crippen molar-refractivity contribution in [2.75, 3.05) is 6.61 Å². The van der Waals surface area contributed by atoms with Crippen LogP contribution in [0.1, 0.15) is 23.1 Å². The number of aryl methyl sites for hydroxylation is 2. The maximum atomic E-state index is 11.9. The molecule has 25 heavy (non-hydrogen) atoms. The standard InChI is InChI=1S/C18H18N2O5/c21-17-7-5-15(20(23)24)8-14(17)10-19-18(22)11-25-16-6-4-12-2-1-3-13(12)9-16/h4-9,21H,1-3,10-11H2,(H,19,22)/p-1. The molecular formula is C18H17N2O5-. The number of carbonyl (C=O) groups excluding carboxylic acids is 1. The Morgan fingerprint density at radius 3 is 2.76 bits per heavy atom. The van der Waals surface area contributed by atoms with Crippen LogP contribution in [0.15, 0.2) is 36.4 Å². The van der Waals surface area contributed by atoms with Crippen LogP contribution >= 0.6 is 0 Å². The quantitative estimate of drug-likeness (QED) is 0.638. The van der Waals surface area contributed by atoms with Gasteiger partial charge in [-0.1, -0.05) is 12.1 Å². The van der Waals surface area contributed by atoms with E-state index in [2.05, 4.69) is 5.32 Å². The highest BCUT2D eigenvalue weighted by atomic mass is 16.6. The molecule has 0 bridgehead atoms. The molecule has 1 amide bonds. The highest BCUT2D eigenvalue weighted by Gasteiger charge is 2.12. The number of nitrogens with one attached hydrogen (secondary N) is 1. The maximum absolute atomic E-state index is 11.9. The number of nitrogens with zero attached hydrogens (tertiary/aromatic N) is 1. The molecule has 0 saturated carbocycles. The highest BCUT2D eigenvalue weighted by Crippen LogP contribution is 2.26. The van der Waals surface area contributed by atoms with Gasteiger partial charge in [-0.15, -0.1) is 5.75 Å². The molecule has 2 aromatic rings. The number of nitro groups is 1. The second-order valence-corrected chi connectivity index (χ2v) is 5.90. The average Bonchev–Trinajstić information content (AvgIpc) is 3.06. The molecule has 2 aromatic carbocycles. The van der Waals surface area contributed by atoms with E-state index in [1.165, 1.54) is 17.2 Å². The molecule has 3 rings (SSSR count). The van der Waals surface area contributed by atoms with Crippen molar-refractivity contribution in [3.8, 4) is 11.5 Å². The largest absolute Gasteiger partial charge is 0.872 e. The van der Waals surface area contributed by atoms with Crippen LogP contribution in [0.5, 0.6) is 11.5 Å². The lowest BCUT2D eigenvalue weighted by Crippen LogP contribution is -2.28. The van der Waals surface area contributed by atoms with Crippen molar-refractivity contribution in [1.29, 1.82) is 0 Å². The number of nitro benzene ring substituents is 1. The minimum atomic E-state index is -0.582. The van der Waals surface area contributed by atoms with E-state index in [-0.39, 0.29) is 30.2 Å². The number of fused-ring (bicyclic) bond motifs is 1. The van der Waals surface area contributed by atoms with E-state index in [0.29, 0.717) is 5.75 Å². The summed E-state index contributed by atoms with van der Waals surface area (Å²) in [5.41, 5.74) is 2.56. The topological polar surface area (TPSA) is 105 Å². The van der Waals surface area contributed by atoms with Gasteiger partial charge in [0.15, 0.2) is 6.61 Å². The lowest BCUT2D eigenvalue weighted by molar-refractivity contribution is -0.385. The monoisotopic (exact) mass is 341 g/mol. The van der Waals surface area contributed by atoms with E-state index < -0.39 is 10.8 Å². The fourth-order valence-electron chi connectivity index (χ4n) is 2.85. The summed E-state index contributed by atoms with van der Waals surface area (Å²) in [4.78, 5) is 22.0. The van der Waals surface area contributed by atoms with E-state index in [0.717, 1.165) is 31.4 Å². The summed E-state index contributed by atoms with van der Waals surface area (Å²) in [6, 6.07) is 9.25. The van der Waals surface area contributed by atoms with Gasteiger partial charge in [-0.3, -0.25) is 14.9 Å². The lowest BCUT2D eigenvalue weighted by atomic mass is 10.1. The number of hydrogen-bond donors (Lipinski definition) is 1. The number of benzene rings is 2. The van der Waals surface area contributed by atoms with E-state index in [9.17, 15) is 20.0 Å². The SMILES string of the molecule is O=C(COc1ccc2c(c1)CCC2)NCc1cc([N+](=O)[O-])ccc1[O-]. The van der Waals surface area contributed by atoms with Gasteiger partial charge < -0.3 is 15.2 Å². The summed E-state index contributed by atoms with van der Waals surface area (Å²) in [6.45, 7) is -0.255. The van der Waals surface area contributed by atoms with Crippen molar-refractivity contribution >= 4 is 11.6 Å². The van der Waals surface area contributed by atoms with Gasteiger partial charge >= 0.3 is 0 Å². The van der Waals surface area contributed by atoms with Crippen molar-refractivity contribution in [1.82, 2.24) is 5.32 Å². The molecule has 1 N–H and O–H groups in total. The lowest BCUT2D eigenvalue weighted by Gasteiger charge is -2.14. The van der Waals surface area contributed by atoms with Crippen LogP contribution in [0.3, 0.4) is 0 Å². The maximum Gasteiger partial charge on any atom is 0.269 e. The zero-order chi connectivity index (χ0) is 17.8. The number of amides is 1. The van der Waals surface area contributed by atoms with Crippen molar-refractivity contribution in [3.63, 3.8) is 0 Å². The molecule has 0 aromatic heterocycles. The Hall–Kier alpha value is -3.09. The van der Waals surface area contributed by atoms with E-state index >= 15 is 0 Å². The van der Waals surface area contributed by atoms with Crippen LogP contribution in [0.4, 0.5) is 5.69 Å². The molecule has 0 fully saturated rings. The molecule has 7 heteroatoms. The third kappa shape index (κ3) is 4.06. The zero-order valence-corrected chi connectivity index (χ0v) is 13.5. The first-order chi connectivity index (χ1) is 12.0. The first-order valence-corrected chi connectivity index (χ1v) is 7.98. The Morgan fingerprint density at radius 2 is 1.96 bits per heavy atom. The van der Waals surface area contributed by atoms with Gasteiger partial charge in [-0.2, -0.15) is 0 Å². The summed E-state index contributed by atoms with van der Waals surface area (Å²) in [5, 5.41) is 25.0. The van der Waals surface area contributed by atoms with Crippen LogP contribution in [0.2, 0.25) is 0 Å². The molecule has 1 aliphatic carbocycles. The fraction of sp³-hybridized carbons (Fsp3) is 0.278. The van der Waals surface area contributed by atoms with Gasteiger partial charge in [-0.25, -0.2) is 0 Å². The van der Waals surface area contributed by atoms with Gasteiger partial charge in [0.25, 0.3) is 11.6 Å².